The Labute approximate surface area is 215 Å². The number of piperidine rings is 1. The van der Waals surface area contributed by atoms with Crippen LogP contribution in [0.1, 0.15) is 51.6 Å². The summed E-state index contributed by atoms with van der Waals surface area (Å²) in [5, 5.41) is 0.0410. The van der Waals surface area contributed by atoms with Gasteiger partial charge < -0.3 is 4.74 Å². The Bertz CT molecular complexity index is 1470. The van der Waals surface area contributed by atoms with Crippen molar-refractivity contribution in [3.63, 3.8) is 0 Å². The summed E-state index contributed by atoms with van der Waals surface area (Å²) in [6.07, 6.45) is 2.57. The summed E-state index contributed by atoms with van der Waals surface area (Å²) >= 11 is 6.22. The summed E-state index contributed by atoms with van der Waals surface area (Å²) in [4.78, 5) is 25.4. The standard InChI is InChI=1S/C28H26ClNO5S/c1-18-5-4-12-30(16-18)36(33,34)27-15-22(10-11-25(27)29)28(32)35-17-26(31)21-9-8-20-13-19-6-2-3-7-23(19)24(20)14-21/h2-3,6-11,14-15,18H,4-5,12-13,16-17H2,1H3. The lowest BCUT2D eigenvalue weighted by Gasteiger charge is -2.30. The zero-order valence-electron chi connectivity index (χ0n) is 19.9. The number of hydrogen-bond acceptors (Lipinski definition) is 5. The smallest absolute Gasteiger partial charge is 0.338 e. The lowest BCUT2D eigenvalue weighted by molar-refractivity contribution is 0.0474. The van der Waals surface area contributed by atoms with Gasteiger partial charge in [0.1, 0.15) is 4.90 Å². The number of carbonyl (C=O) groups excluding carboxylic acids is 2. The Morgan fingerprint density at radius 1 is 1.00 bits per heavy atom. The summed E-state index contributed by atoms with van der Waals surface area (Å²) in [6, 6.07) is 17.6. The van der Waals surface area contributed by atoms with Gasteiger partial charge in [0, 0.05) is 18.7 Å². The Kier molecular flexibility index (Phi) is 6.72. The zero-order valence-corrected chi connectivity index (χ0v) is 21.4. The van der Waals surface area contributed by atoms with E-state index in [1.165, 1.54) is 28.1 Å². The lowest BCUT2D eigenvalue weighted by Crippen LogP contribution is -2.39. The highest BCUT2D eigenvalue weighted by atomic mass is 35.5. The molecule has 6 nitrogen and oxygen atoms in total. The van der Waals surface area contributed by atoms with Gasteiger partial charge in [-0.1, -0.05) is 54.9 Å². The van der Waals surface area contributed by atoms with Crippen molar-refractivity contribution in [3.05, 3.63) is 87.9 Å². The fourth-order valence-corrected chi connectivity index (χ4v) is 7.03. The predicted octanol–water partition coefficient (Wildman–Crippen LogP) is 5.37. The third-order valence-corrected chi connectivity index (χ3v) is 9.21. The minimum Gasteiger partial charge on any atom is -0.454 e. The van der Waals surface area contributed by atoms with Crippen molar-refractivity contribution in [1.29, 1.82) is 0 Å². The Morgan fingerprint density at radius 2 is 1.75 bits per heavy atom. The van der Waals surface area contributed by atoms with Crippen LogP contribution in [0.2, 0.25) is 5.02 Å². The summed E-state index contributed by atoms with van der Waals surface area (Å²) in [6.45, 7) is 2.38. The molecule has 0 bridgehead atoms. The van der Waals surface area contributed by atoms with Crippen LogP contribution in [0.5, 0.6) is 0 Å². The van der Waals surface area contributed by atoms with E-state index in [9.17, 15) is 18.0 Å². The van der Waals surface area contributed by atoms with Crippen LogP contribution in [0.3, 0.4) is 0 Å². The van der Waals surface area contributed by atoms with Crippen LogP contribution >= 0.6 is 11.6 Å². The molecule has 0 aromatic heterocycles. The minimum atomic E-state index is -3.86. The number of ether oxygens (including phenoxy) is 1. The fraction of sp³-hybridized carbons (Fsp3) is 0.286. The number of ketones is 1. The van der Waals surface area contributed by atoms with Crippen LogP contribution in [0.25, 0.3) is 11.1 Å². The van der Waals surface area contributed by atoms with E-state index in [-0.39, 0.29) is 27.2 Å². The van der Waals surface area contributed by atoms with Crippen molar-refractivity contribution in [2.75, 3.05) is 19.7 Å². The summed E-state index contributed by atoms with van der Waals surface area (Å²) in [5.74, 6) is -0.867. The zero-order chi connectivity index (χ0) is 25.4. The van der Waals surface area contributed by atoms with Crippen LogP contribution in [0.15, 0.2) is 65.6 Å². The molecule has 2 aliphatic rings. The Hall–Kier alpha value is -3.00. The highest BCUT2D eigenvalue weighted by Crippen LogP contribution is 2.37. The number of Topliss-reactive ketones (excluding diaryl/α,β-unsaturated/α-hetero) is 1. The molecule has 1 unspecified atom stereocenters. The maximum Gasteiger partial charge on any atom is 0.338 e. The molecule has 8 heteroatoms. The molecule has 186 valence electrons. The average molecular weight is 524 g/mol. The third kappa shape index (κ3) is 4.71. The van der Waals surface area contributed by atoms with Crippen molar-refractivity contribution in [2.45, 2.75) is 31.1 Å². The molecule has 1 fully saturated rings. The van der Waals surface area contributed by atoms with Gasteiger partial charge in [-0.25, -0.2) is 13.2 Å². The maximum absolute atomic E-state index is 13.2. The average Bonchev–Trinajstić information content (AvgIpc) is 3.25. The number of fused-ring (bicyclic) bond motifs is 3. The van der Waals surface area contributed by atoms with Gasteiger partial charge in [0.25, 0.3) is 0 Å². The number of hydrogen-bond donors (Lipinski definition) is 0. The summed E-state index contributed by atoms with van der Waals surface area (Å²) < 4.78 is 33.1. The maximum atomic E-state index is 13.2. The van der Waals surface area contributed by atoms with Crippen molar-refractivity contribution in [2.24, 2.45) is 5.92 Å². The topological polar surface area (TPSA) is 80.8 Å². The molecule has 1 aliphatic carbocycles. The molecule has 1 atom stereocenters. The normalized spacial score (nSPS) is 17.3. The second-order valence-corrected chi connectivity index (χ2v) is 11.8. The molecule has 1 saturated heterocycles. The van der Waals surface area contributed by atoms with Gasteiger partial charge in [-0.3, -0.25) is 4.79 Å². The first-order valence-electron chi connectivity index (χ1n) is 12.0. The van der Waals surface area contributed by atoms with Gasteiger partial charge in [-0.15, -0.1) is 0 Å². The van der Waals surface area contributed by atoms with Gasteiger partial charge in [-0.05, 0) is 71.7 Å². The van der Waals surface area contributed by atoms with E-state index in [4.69, 9.17) is 16.3 Å². The number of carbonyl (C=O) groups is 2. The quantitative estimate of drug-likeness (QED) is 0.251. The fourth-order valence-electron chi connectivity index (χ4n) is 4.93. The number of esters is 1. The summed E-state index contributed by atoms with van der Waals surface area (Å²) in [5.41, 5.74) is 4.98. The molecule has 0 spiro atoms. The third-order valence-electron chi connectivity index (χ3n) is 6.86. The van der Waals surface area contributed by atoms with Crippen molar-refractivity contribution in [3.8, 4) is 11.1 Å². The molecular formula is C28H26ClNO5S. The number of sulfonamides is 1. The van der Waals surface area contributed by atoms with Gasteiger partial charge in [-0.2, -0.15) is 4.31 Å². The van der Waals surface area contributed by atoms with Crippen molar-refractivity contribution < 1.29 is 22.7 Å². The van der Waals surface area contributed by atoms with Crippen molar-refractivity contribution >= 4 is 33.4 Å². The molecule has 1 aliphatic heterocycles. The van der Waals surface area contributed by atoms with Gasteiger partial charge >= 0.3 is 5.97 Å². The minimum absolute atomic E-state index is 0.0266. The van der Waals surface area contributed by atoms with E-state index >= 15 is 0 Å². The van der Waals surface area contributed by atoms with Gasteiger partial charge in [0.2, 0.25) is 10.0 Å². The molecule has 5 rings (SSSR count). The summed E-state index contributed by atoms with van der Waals surface area (Å²) in [7, 11) is -3.86. The highest BCUT2D eigenvalue weighted by molar-refractivity contribution is 7.89. The van der Waals surface area contributed by atoms with E-state index in [1.807, 2.05) is 37.3 Å². The van der Waals surface area contributed by atoms with E-state index in [0.717, 1.165) is 36.0 Å². The van der Waals surface area contributed by atoms with Gasteiger partial charge in [0.15, 0.2) is 12.4 Å². The SMILES string of the molecule is CC1CCCN(S(=O)(=O)c2cc(C(=O)OCC(=O)c3ccc4c(c3)-c3ccccc3C4)ccc2Cl)C1. The monoisotopic (exact) mass is 523 g/mol. The number of benzene rings is 3. The number of nitrogens with zero attached hydrogens (tertiary/aromatic N) is 1. The van der Waals surface area contributed by atoms with E-state index < -0.39 is 22.6 Å². The predicted molar refractivity (Wildman–Crippen MR) is 138 cm³/mol. The largest absolute Gasteiger partial charge is 0.454 e. The van der Waals surface area contributed by atoms with E-state index in [2.05, 4.69) is 6.07 Å². The molecular weight excluding hydrogens is 498 g/mol. The van der Waals surface area contributed by atoms with Crippen LogP contribution in [0, 0.1) is 5.92 Å². The molecule has 1 heterocycles. The molecule has 3 aromatic rings. The van der Waals surface area contributed by atoms with Crippen molar-refractivity contribution in [1.82, 2.24) is 4.31 Å². The molecule has 0 radical (unpaired) electrons. The molecule has 36 heavy (non-hydrogen) atoms. The number of rotatable bonds is 6. The van der Waals surface area contributed by atoms with Crippen LogP contribution in [0.4, 0.5) is 0 Å². The van der Waals surface area contributed by atoms with Gasteiger partial charge in [0.05, 0.1) is 10.6 Å². The van der Waals surface area contributed by atoms with E-state index in [1.54, 1.807) is 6.07 Å². The second-order valence-electron chi connectivity index (χ2n) is 9.46. The Balaban J connectivity index is 1.30. The molecule has 0 amide bonds. The van der Waals surface area contributed by atoms with Crippen LogP contribution in [-0.2, 0) is 21.2 Å². The van der Waals surface area contributed by atoms with Crippen LogP contribution in [-0.4, -0.2) is 44.2 Å². The number of halogens is 1. The van der Waals surface area contributed by atoms with E-state index in [0.29, 0.717) is 18.7 Å². The Morgan fingerprint density at radius 3 is 2.56 bits per heavy atom. The van der Waals surface area contributed by atoms with Crippen LogP contribution < -0.4 is 0 Å². The first-order valence-corrected chi connectivity index (χ1v) is 13.8. The molecule has 3 aromatic carbocycles. The lowest BCUT2D eigenvalue weighted by atomic mass is 10.0. The first kappa shape index (κ1) is 24.7. The molecule has 0 N–H and O–H groups in total. The highest BCUT2D eigenvalue weighted by Gasteiger charge is 2.31. The second kappa shape index (κ2) is 9.81. The molecule has 0 saturated carbocycles. The first-order chi connectivity index (χ1) is 17.2.